The maximum absolute atomic E-state index is 14.3. The number of amides is 1. The Balaban J connectivity index is 1.04. The molecule has 4 aromatic carbocycles. The number of rotatable bonds is 6. The van der Waals surface area contributed by atoms with E-state index in [0.29, 0.717) is 11.8 Å². The van der Waals surface area contributed by atoms with Crippen LogP contribution < -0.4 is 4.74 Å². The molecule has 7 atom stereocenters. The Morgan fingerprint density at radius 2 is 1.45 bits per heavy atom. The van der Waals surface area contributed by atoms with Crippen LogP contribution in [0, 0.1) is 17.8 Å². The molecule has 4 bridgehead atoms. The van der Waals surface area contributed by atoms with Gasteiger partial charge in [0.25, 0.3) is 10.1 Å². The second kappa shape index (κ2) is 10.7. The van der Waals surface area contributed by atoms with Crippen molar-refractivity contribution in [1.29, 1.82) is 0 Å². The first-order chi connectivity index (χ1) is 23.5. The van der Waals surface area contributed by atoms with Gasteiger partial charge in [0.1, 0.15) is 22.7 Å². The van der Waals surface area contributed by atoms with Gasteiger partial charge in [0.15, 0.2) is 6.10 Å². The molecule has 3 aliphatic heterocycles. The van der Waals surface area contributed by atoms with E-state index >= 15 is 0 Å². The predicted molar refractivity (Wildman–Crippen MR) is 175 cm³/mol. The minimum Gasteiger partial charge on any atom is -0.457 e. The Labute approximate surface area is 282 Å². The smallest absolute Gasteiger partial charge is 0.318 e. The zero-order valence-electron chi connectivity index (χ0n) is 26.6. The van der Waals surface area contributed by atoms with Gasteiger partial charge in [-0.05, 0) is 54.7 Å². The van der Waals surface area contributed by atoms with Crippen LogP contribution in [0.5, 0.6) is 5.75 Å². The van der Waals surface area contributed by atoms with Crippen LogP contribution in [0.3, 0.4) is 0 Å². The molecule has 3 saturated heterocycles. The van der Waals surface area contributed by atoms with Crippen LogP contribution >= 0.6 is 0 Å². The molecule has 3 aliphatic carbocycles. The highest BCUT2D eigenvalue weighted by Crippen LogP contribution is 2.57. The molecule has 10 nitrogen and oxygen atoms in total. The zero-order chi connectivity index (χ0) is 33.9. The summed E-state index contributed by atoms with van der Waals surface area (Å²) in [5, 5.41) is 0.476. The average Bonchev–Trinajstić information content (AvgIpc) is 3.71. The highest BCUT2D eigenvalue weighted by atomic mass is 32.2. The van der Waals surface area contributed by atoms with Crippen LogP contribution in [0.4, 0.5) is 0 Å². The number of carbonyl (C=O) groups is 3. The number of carbonyl (C=O) groups excluding carboxylic acids is 3. The summed E-state index contributed by atoms with van der Waals surface area (Å²) in [6.45, 7) is 3.78. The van der Waals surface area contributed by atoms with Crippen LogP contribution in [-0.2, 0) is 34.0 Å². The van der Waals surface area contributed by atoms with Crippen molar-refractivity contribution in [3.63, 3.8) is 0 Å². The summed E-state index contributed by atoms with van der Waals surface area (Å²) in [4.78, 5) is 43.7. The van der Waals surface area contributed by atoms with Gasteiger partial charge >= 0.3 is 11.9 Å². The molecule has 11 heteroatoms. The SMILES string of the molecule is CC(C)N1C(=O)C2C3OC(C(OC(=O)C4CC5c6ccccc6C4c4ccccc45)C31)C2C(=O)Oc1ccc(S(=O)(=O)O)c2ccccc12. The molecule has 1 N–H and O–H groups in total. The summed E-state index contributed by atoms with van der Waals surface area (Å²) in [6, 6.07) is 24.6. The van der Waals surface area contributed by atoms with Crippen molar-refractivity contribution in [3.05, 3.63) is 107 Å². The quantitative estimate of drug-likeness (QED) is 0.173. The molecule has 4 aromatic rings. The van der Waals surface area contributed by atoms with E-state index in [-0.39, 0.29) is 45.8 Å². The van der Waals surface area contributed by atoms with E-state index < -0.39 is 58.2 Å². The molecule has 250 valence electrons. The molecule has 10 rings (SSSR count). The molecule has 49 heavy (non-hydrogen) atoms. The van der Waals surface area contributed by atoms with Gasteiger partial charge in [0.05, 0.1) is 24.0 Å². The number of esters is 2. The number of ether oxygens (including phenoxy) is 3. The Kier molecular flexibility index (Phi) is 6.66. The lowest BCUT2D eigenvalue weighted by Crippen LogP contribution is -2.52. The minimum atomic E-state index is -4.55. The molecule has 3 heterocycles. The molecule has 6 aliphatic rings. The zero-order valence-corrected chi connectivity index (χ0v) is 27.4. The number of benzene rings is 4. The second-order valence-corrected chi connectivity index (χ2v) is 15.4. The number of hydrogen-bond donors (Lipinski definition) is 1. The molecule has 0 spiro atoms. The fourth-order valence-electron chi connectivity index (χ4n) is 9.48. The molecular formula is C38H33NO9S. The van der Waals surface area contributed by atoms with Crippen LogP contribution in [0.15, 0.2) is 89.8 Å². The summed E-state index contributed by atoms with van der Waals surface area (Å²) in [5.41, 5.74) is 4.71. The van der Waals surface area contributed by atoms with Gasteiger partial charge in [-0.1, -0.05) is 72.8 Å². The summed E-state index contributed by atoms with van der Waals surface area (Å²) in [6.07, 6.45) is -1.85. The first-order valence-electron chi connectivity index (χ1n) is 16.6. The molecule has 3 fully saturated rings. The van der Waals surface area contributed by atoms with E-state index in [4.69, 9.17) is 14.2 Å². The molecule has 0 radical (unpaired) electrons. The third-order valence-corrected chi connectivity index (χ3v) is 12.2. The Morgan fingerprint density at radius 3 is 2.08 bits per heavy atom. The van der Waals surface area contributed by atoms with Crippen LogP contribution in [-0.4, -0.2) is 66.1 Å². The lowest BCUT2D eigenvalue weighted by atomic mass is 9.59. The third kappa shape index (κ3) is 4.31. The van der Waals surface area contributed by atoms with E-state index in [1.165, 1.54) is 29.3 Å². The van der Waals surface area contributed by atoms with Gasteiger partial charge in [-0.2, -0.15) is 8.42 Å². The highest BCUT2D eigenvalue weighted by Gasteiger charge is 2.73. The van der Waals surface area contributed by atoms with E-state index in [1.54, 1.807) is 23.1 Å². The molecule has 1 amide bonds. The maximum atomic E-state index is 14.3. The number of hydrogen-bond acceptors (Lipinski definition) is 8. The first kappa shape index (κ1) is 30.5. The van der Waals surface area contributed by atoms with E-state index in [1.807, 2.05) is 38.1 Å². The van der Waals surface area contributed by atoms with Crippen molar-refractivity contribution in [2.45, 2.75) is 67.4 Å². The van der Waals surface area contributed by atoms with Crippen LogP contribution in [0.1, 0.15) is 54.4 Å². The van der Waals surface area contributed by atoms with E-state index in [9.17, 15) is 27.4 Å². The van der Waals surface area contributed by atoms with Gasteiger partial charge in [0, 0.05) is 28.7 Å². The summed E-state index contributed by atoms with van der Waals surface area (Å²) < 4.78 is 52.5. The number of nitrogens with zero attached hydrogens (tertiary/aromatic N) is 1. The van der Waals surface area contributed by atoms with E-state index in [2.05, 4.69) is 24.3 Å². The number of likely N-dealkylation sites (tertiary alicyclic amines) is 1. The van der Waals surface area contributed by atoms with Crippen molar-refractivity contribution in [1.82, 2.24) is 4.90 Å². The summed E-state index contributed by atoms with van der Waals surface area (Å²) in [5.74, 6) is -3.73. The fourth-order valence-corrected chi connectivity index (χ4v) is 10.2. The lowest BCUT2D eigenvalue weighted by Gasteiger charge is -2.45. The van der Waals surface area contributed by atoms with Crippen LogP contribution in [0.25, 0.3) is 10.8 Å². The highest BCUT2D eigenvalue weighted by molar-refractivity contribution is 7.86. The monoisotopic (exact) mass is 679 g/mol. The minimum absolute atomic E-state index is 0.0561. The van der Waals surface area contributed by atoms with Gasteiger partial charge in [-0.15, -0.1) is 0 Å². The maximum Gasteiger partial charge on any atom is 0.318 e. The summed E-state index contributed by atoms with van der Waals surface area (Å²) in [7, 11) is -4.55. The topological polar surface area (TPSA) is 137 Å². The van der Waals surface area contributed by atoms with Crippen molar-refractivity contribution < 1.29 is 41.6 Å². The van der Waals surface area contributed by atoms with Crippen molar-refractivity contribution >= 4 is 38.7 Å². The first-order valence-corrected chi connectivity index (χ1v) is 18.0. The Morgan fingerprint density at radius 1 is 0.837 bits per heavy atom. The van der Waals surface area contributed by atoms with Crippen LogP contribution in [0.2, 0.25) is 0 Å². The van der Waals surface area contributed by atoms with Crippen molar-refractivity contribution in [2.24, 2.45) is 17.8 Å². The van der Waals surface area contributed by atoms with Crippen molar-refractivity contribution in [3.8, 4) is 5.75 Å². The van der Waals surface area contributed by atoms with Gasteiger partial charge in [-0.25, -0.2) is 0 Å². The fraction of sp³-hybridized carbons (Fsp3) is 0.342. The molecule has 0 aromatic heterocycles. The average molecular weight is 680 g/mol. The Bertz CT molecular complexity index is 2150. The van der Waals surface area contributed by atoms with E-state index in [0.717, 1.165) is 11.1 Å². The molecule has 0 saturated carbocycles. The van der Waals surface area contributed by atoms with Crippen molar-refractivity contribution in [2.75, 3.05) is 0 Å². The molecule has 7 unspecified atom stereocenters. The second-order valence-electron chi connectivity index (χ2n) is 14.0. The predicted octanol–water partition coefficient (Wildman–Crippen LogP) is 4.83. The molecular weight excluding hydrogens is 646 g/mol. The number of fused-ring (bicyclic) bond motifs is 3. The van der Waals surface area contributed by atoms with Gasteiger partial charge in [-0.3, -0.25) is 18.9 Å². The van der Waals surface area contributed by atoms with Gasteiger partial charge < -0.3 is 19.1 Å². The normalized spacial score (nSPS) is 30.5. The lowest BCUT2D eigenvalue weighted by molar-refractivity contribution is -0.164. The summed E-state index contributed by atoms with van der Waals surface area (Å²) >= 11 is 0. The van der Waals surface area contributed by atoms with Gasteiger partial charge in [0.2, 0.25) is 5.91 Å². The largest absolute Gasteiger partial charge is 0.457 e. The Hall–Kier alpha value is -4.58. The standard InChI is InChI=1S/C38H33NO9S/c1-18(2)39-32-33-30(36(39)40)31(38(42)46-27-15-16-28(49(43,44)45)22-12-6-5-11-21(22)27)34(47-33)35(32)48-37(41)26-17-25-19-9-3-7-13-23(19)29(26)24-14-8-4-10-20(24)25/h3-16,18,25-26,29-35H,17H2,1-2H3,(H,43,44,45). The third-order valence-electron chi connectivity index (χ3n) is 11.3.